The lowest BCUT2D eigenvalue weighted by molar-refractivity contribution is 0.260. The molecule has 106 valence electrons. The van der Waals surface area contributed by atoms with Crippen LogP contribution < -0.4 is 10.6 Å². The van der Waals surface area contributed by atoms with Gasteiger partial charge in [0.2, 0.25) is 5.95 Å². The lowest BCUT2D eigenvalue weighted by Gasteiger charge is -2.24. The van der Waals surface area contributed by atoms with Crippen LogP contribution in [0.2, 0.25) is 0 Å². The highest BCUT2D eigenvalue weighted by molar-refractivity contribution is 5.87. The van der Waals surface area contributed by atoms with E-state index >= 15 is 0 Å². The zero-order chi connectivity index (χ0) is 13.5. The Hall–Kier alpha value is -1.89. The fourth-order valence-corrected chi connectivity index (χ4v) is 3.42. The maximum atomic E-state index is 5.80. The van der Waals surface area contributed by atoms with Crippen LogP contribution in [0, 0.1) is 0 Å². The number of hydrogen-bond donors (Lipinski definition) is 2. The maximum absolute atomic E-state index is 5.80. The molecule has 2 saturated heterocycles. The van der Waals surface area contributed by atoms with Gasteiger partial charge in [0.05, 0.1) is 11.6 Å². The highest BCUT2D eigenvalue weighted by Crippen LogP contribution is 2.28. The van der Waals surface area contributed by atoms with E-state index in [2.05, 4.69) is 30.0 Å². The Morgan fingerprint density at radius 3 is 2.90 bits per heavy atom. The molecule has 2 aromatic rings. The summed E-state index contributed by atoms with van der Waals surface area (Å²) in [7, 11) is 0. The van der Waals surface area contributed by atoms with E-state index in [1.54, 1.807) is 6.20 Å². The van der Waals surface area contributed by atoms with E-state index in [0.29, 0.717) is 12.0 Å². The van der Waals surface area contributed by atoms with Crippen molar-refractivity contribution < 1.29 is 0 Å². The SMILES string of the molecule is Nc1nc(N2CCC(N3CCCC3)C2)c2cn[nH]c2n1. The van der Waals surface area contributed by atoms with Gasteiger partial charge in [-0.3, -0.25) is 10.00 Å². The average molecular weight is 273 g/mol. The van der Waals surface area contributed by atoms with E-state index in [1.165, 1.54) is 32.4 Å². The van der Waals surface area contributed by atoms with E-state index in [0.717, 1.165) is 29.9 Å². The first-order valence-electron chi connectivity index (χ1n) is 7.27. The topological polar surface area (TPSA) is 87.0 Å². The Bertz CT molecular complexity index is 616. The minimum Gasteiger partial charge on any atom is -0.368 e. The molecule has 2 aliphatic rings. The van der Waals surface area contributed by atoms with Gasteiger partial charge in [0.25, 0.3) is 0 Å². The Morgan fingerprint density at radius 2 is 2.05 bits per heavy atom. The van der Waals surface area contributed by atoms with Crippen molar-refractivity contribution in [2.24, 2.45) is 0 Å². The van der Waals surface area contributed by atoms with Crippen molar-refractivity contribution in [1.29, 1.82) is 0 Å². The minimum atomic E-state index is 0.307. The summed E-state index contributed by atoms with van der Waals surface area (Å²) in [4.78, 5) is 13.5. The predicted octanol–water partition coefficient (Wildman–Crippen LogP) is 0.610. The van der Waals surface area contributed by atoms with Crippen LogP contribution in [0.3, 0.4) is 0 Å². The molecule has 1 unspecified atom stereocenters. The molecule has 1 atom stereocenters. The van der Waals surface area contributed by atoms with Gasteiger partial charge in [-0.05, 0) is 32.4 Å². The number of rotatable bonds is 2. The molecule has 7 heteroatoms. The first kappa shape index (κ1) is 11.9. The summed E-state index contributed by atoms with van der Waals surface area (Å²) in [5.74, 6) is 1.23. The van der Waals surface area contributed by atoms with Crippen molar-refractivity contribution in [3.8, 4) is 0 Å². The van der Waals surface area contributed by atoms with Gasteiger partial charge in [0.15, 0.2) is 5.65 Å². The summed E-state index contributed by atoms with van der Waals surface area (Å²) in [6.07, 6.45) is 5.66. The van der Waals surface area contributed by atoms with Gasteiger partial charge in [0.1, 0.15) is 5.82 Å². The molecule has 0 radical (unpaired) electrons. The van der Waals surface area contributed by atoms with Crippen LogP contribution in [0.15, 0.2) is 6.20 Å². The highest BCUT2D eigenvalue weighted by atomic mass is 15.3. The molecule has 0 spiro atoms. The molecule has 0 aliphatic carbocycles. The second kappa shape index (κ2) is 4.59. The minimum absolute atomic E-state index is 0.307. The molecule has 2 aromatic heterocycles. The van der Waals surface area contributed by atoms with Crippen molar-refractivity contribution in [3.05, 3.63) is 6.20 Å². The molecule has 2 fully saturated rings. The number of aromatic nitrogens is 4. The molecule has 0 aromatic carbocycles. The quantitative estimate of drug-likeness (QED) is 0.833. The second-order valence-corrected chi connectivity index (χ2v) is 5.67. The van der Waals surface area contributed by atoms with Gasteiger partial charge in [-0.25, -0.2) is 0 Å². The van der Waals surface area contributed by atoms with Gasteiger partial charge >= 0.3 is 0 Å². The predicted molar refractivity (Wildman–Crippen MR) is 77.5 cm³/mol. The van der Waals surface area contributed by atoms with Gasteiger partial charge in [-0.1, -0.05) is 0 Å². The normalized spacial score (nSPS) is 24.0. The van der Waals surface area contributed by atoms with E-state index in [4.69, 9.17) is 5.73 Å². The molecule has 0 amide bonds. The molecule has 2 aliphatic heterocycles. The number of likely N-dealkylation sites (tertiary alicyclic amines) is 1. The Kier molecular flexibility index (Phi) is 2.73. The first-order valence-corrected chi connectivity index (χ1v) is 7.27. The largest absolute Gasteiger partial charge is 0.368 e. The van der Waals surface area contributed by atoms with Crippen molar-refractivity contribution >= 4 is 22.8 Å². The van der Waals surface area contributed by atoms with E-state index in [-0.39, 0.29) is 0 Å². The van der Waals surface area contributed by atoms with E-state index in [1.807, 2.05) is 0 Å². The summed E-state index contributed by atoms with van der Waals surface area (Å²) in [5, 5.41) is 7.88. The lowest BCUT2D eigenvalue weighted by Crippen LogP contribution is -2.35. The zero-order valence-corrected chi connectivity index (χ0v) is 11.4. The summed E-state index contributed by atoms with van der Waals surface area (Å²) < 4.78 is 0. The second-order valence-electron chi connectivity index (χ2n) is 5.67. The number of aromatic amines is 1. The highest BCUT2D eigenvalue weighted by Gasteiger charge is 2.30. The van der Waals surface area contributed by atoms with Crippen LogP contribution in [0.4, 0.5) is 11.8 Å². The molecular formula is C13H19N7. The van der Waals surface area contributed by atoms with Crippen LogP contribution in [-0.2, 0) is 0 Å². The van der Waals surface area contributed by atoms with Crippen molar-refractivity contribution in [1.82, 2.24) is 25.1 Å². The summed E-state index contributed by atoms with van der Waals surface area (Å²) in [6, 6.07) is 0.649. The smallest absolute Gasteiger partial charge is 0.224 e. The lowest BCUT2D eigenvalue weighted by atomic mass is 10.2. The number of nitrogens with one attached hydrogen (secondary N) is 1. The molecule has 4 heterocycles. The Labute approximate surface area is 117 Å². The van der Waals surface area contributed by atoms with E-state index in [9.17, 15) is 0 Å². The summed E-state index contributed by atoms with van der Waals surface area (Å²) >= 11 is 0. The van der Waals surface area contributed by atoms with Gasteiger partial charge < -0.3 is 10.6 Å². The number of hydrogen-bond acceptors (Lipinski definition) is 6. The van der Waals surface area contributed by atoms with E-state index < -0.39 is 0 Å². The zero-order valence-electron chi connectivity index (χ0n) is 11.4. The van der Waals surface area contributed by atoms with Crippen LogP contribution in [0.5, 0.6) is 0 Å². The number of nitrogens with two attached hydrogens (primary N) is 1. The monoisotopic (exact) mass is 273 g/mol. The van der Waals surface area contributed by atoms with Gasteiger partial charge in [-0.15, -0.1) is 0 Å². The van der Waals surface area contributed by atoms with Crippen molar-refractivity contribution in [3.63, 3.8) is 0 Å². The van der Waals surface area contributed by atoms with Crippen molar-refractivity contribution in [2.45, 2.75) is 25.3 Å². The third-order valence-electron chi connectivity index (χ3n) is 4.43. The Morgan fingerprint density at radius 1 is 1.20 bits per heavy atom. The van der Waals surface area contributed by atoms with Crippen LogP contribution in [0.1, 0.15) is 19.3 Å². The number of H-pyrrole nitrogens is 1. The number of anilines is 2. The maximum Gasteiger partial charge on any atom is 0.224 e. The fraction of sp³-hybridized carbons (Fsp3) is 0.615. The standard InChI is InChI=1S/C13H19N7/c14-13-16-11-10(7-15-18-11)12(17-13)20-6-3-9(8-20)19-4-1-2-5-19/h7,9H,1-6,8H2,(H3,14,15,16,17,18). The molecule has 4 rings (SSSR count). The third kappa shape index (κ3) is 1.89. The third-order valence-corrected chi connectivity index (χ3v) is 4.43. The number of fused-ring (bicyclic) bond motifs is 1. The summed E-state index contributed by atoms with van der Waals surface area (Å²) in [6.45, 7) is 4.53. The molecule has 20 heavy (non-hydrogen) atoms. The Balaban J connectivity index is 1.62. The van der Waals surface area contributed by atoms with Crippen molar-refractivity contribution in [2.75, 3.05) is 36.8 Å². The molecular weight excluding hydrogens is 254 g/mol. The summed E-state index contributed by atoms with van der Waals surface area (Å²) in [5.41, 5.74) is 6.52. The van der Waals surface area contributed by atoms with Gasteiger partial charge in [-0.2, -0.15) is 15.1 Å². The van der Waals surface area contributed by atoms with Crippen LogP contribution >= 0.6 is 0 Å². The number of nitrogens with zero attached hydrogens (tertiary/aromatic N) is 5. The molecule has 0 saturated carbocycles. The average Bonchev–Trinajstić information content (AvgIpc) is 3.18. The number of nitrogen functional groups attached to an aromatic ring is 1. The first-order chi connectivity index (χ1) is 9.81. The van der Waals surface area contributed by atoms with Crippen LogP contribution in [-0.4, -0.2) is 57.3 Å². The molecule has 7 nitrogen and oxygen atoms in total. The van der Waals surface area contributed by atoms with Gasteiger partial charge in [0, 0.05) is 19.1 Å². The molecule has 3 N–H and O–H groups in total. The molecule has 0 bridgehead atoms. The van der Waals surface area contributed by atoms with Crippen LogP contribution in [0.25, 0.3) is 11.0 Å². The fourth-order valence-electron chi connectivity index (χ4n) is 3.42.